The maximum absolute atomic E-state index is 12.3. The van der Waals surface area contributed by atoms with Crippen molar-refractivity contribution >= 4 is 51.6 Å². The first-order chi connectivity index (χ1) is 11.2. The molecule has 0 spiro atoms. The second-order valence-electron chi connectivity index (χ2n) is 6.55. The molecule has 1 amide bonds. The highest BCUT2D eigenvalue weighted by Gasteiger charge is 2.15. The lowest BCUT2D eigenvalue weighted by molar-refractivity contribution is 0.0977. The average molecular weight is 453 g/mol. The number of thiocarbonyl (C=S) groups is 1. The Morgan fingerprint density at radius 1 is 1.21 bits per heavy atom. The molecule has 0 aliphatic rings. The number of amides is 1. The summed E-state index contributed by atoms with van der Waals surface area (Å²) in [7, 11) is 0. The van der Waals surface area contributed by atoms with Gasteiger partial charge in [-0.05, 0) is 76.5 Å². The largest absolute Gasteiger partial charge is 0.317 e. The number of nitrogens with zero attached hydrogens (tertiary/aromatic N) is 1. The predicted octanol–water partition coefficient (Wildman–Crippen LogP) is 4.42. The van der Waals surface area contributed by atoms with Gasteiger partial charge < -0.3 is 5.32 Å². The first kappa shape index (κ1) is 18.8. The van der Waals surface area contributed by atoms with Crippen molar-refractivity contribution in [3.63, 3.8) is 0 Å². The summed E-state index contributed by atoms with van der Waals surface area (Å²) in [5.41, 5.74) is 2.77. The van der Waals surface area contributed by atoms with Gasteiger partial charge in [-0.2, -0.15) is 0 Å². The highest BCUT2D eigenvalue weighted by atomic mass is 127. The molecule has 4 nitrogen and oxygen atoms in total. The summed E-state index contributed by atoms with van der Waals surface area (Å²) >= 11 is 7.40. The van der Waals surface area contributed by atoms with E-state index in [-0.39, 0.29) is 16.4 Å². The first-order valence-corrected chi connectivity index (χ1v) is 9.00. The molecule has 0 saturated carbocycles. The number of halogens is 1. The van der Waals surface area contributed by atoms with Gasteiger partial charge in [-0.1, -0.05) is 32.9 Å². The maximum atomic E-state index is 12.3. The van der Waals surface area contributed by atoms with Crippen LogP contribution in [0.2, 0.25) is 0 Å². The summed E-state index contributed by atoms with van der Waals surface area (Å²) in [6.45, 7) is 8.35. The van der Waals surface area contributed by atoms with E-state index in [0.29, 0.717) is 11.4 Å². The van der Waals surface area contributed by atoms with Gasteiger partial charge in [0.25, 0.3) is 5.91 Å². The van der Waals surface area contributed by atoms with Crippen LogP contribution >= 0.6 is 34.8 Å². The number of hydrogen-bond acceptors (Lipinski definition) is 3. The van der Waals surface area contributed by atoms with E-state index in [1.54, 1.807) is 6.20 Å². The number of carbonyl (C=O) groups is 1. The molecule has 6 heteroatoms. The minimum absolute atomic E-state index is 0.0554. The van der Waals surface area contributed by atoms with Crippen molar-refractivity contribution < 1.29 is 4.79 Å². The molecule has 0 fully saturated rings. The highest BCUT2D eigenvalue weighted by molar-refractivity contribution is 14.1. The van der Waals surface area contributed by atoms with E-state index >= 15 is 0 Å². The second-order valence-corrected chi connectivity index (χ2v) is 8.21. The number of hydrogen-bond donors (Lipinski definition) is 2. The zero-order valence-corrected chi connectivity index (χ0v) is 17.1. The van der Waals surface area contributed by atoms with Crippen molar-refractivity contribution in [1.29, 1.82) is 0 Å². The molecule has 0 aliphatic heterocycles. The fourth-order valence-electron chi connectivity index (χ4n) is 2.11. The number of aromatic nitrogens is 1. The molecule has 24 heavy (non-hydrogen) atoms. The van der Waals surface area contributed by atoms with Gasteiger partial charge in [-0.3, -0.25) is 10.1 Å². The minimum atomic E-state index is -0.240. The molecule has 1 heterocycles. The van der Waals surface area contributed by atoms with Crippen LogP contribution in [0.1, 0.15) is 42.3 Å². The lowest BCUT2D eigenvalue weighted by atomic mass is 9.87. The highest BCUT2D eigenvalue weighted by Crippen LogP contribution is 2.22. The minimum Gasteiger partial charge on any atom is -0.317 e. The predicted molar refractivity (Wildman–Crippen MR) is 111 cm³/mol. The molecule has 0 bridgehead atoms. The van der Waals surface area contributed by atoms with Gasteiger partial charge in [0.15, 0.2) is 5.11 Å². The molecule has 0 saturated heterocycles. The van der Waals surface area contributed by atoms with Gasteiger partial charge in [0, 0.05) is 15.3 Å². The van der Waals surface area contributed by atoms with Gasteiger partial charge in [0.1, 0.15) is 5.82 Å². The second kappa shape index (κ2) is 7.57. The summed E-state index contributed by atoms with van der Waals surface area (Å²) in [5.74, 6) is 0.403. The Balaban J connectivity index is 2.02. The van der Waals surface area contributed by atoms with Crippen molar-refractivity contribution in [3.8, 4) is 0 Å². The monoisotopic (exact) mass is 453 g/mol. The smallest absolute Gasteiger partial charge is 0.257 e. The van der Waals surface area contributed by atoms with Crippen LogP contribution < -0.4 is 10.6 Å². The van der Waals surface area contributed by atoms with E-state index in [0.717, 1.165) is 9.13 Å². The zero-order chi connectivity index (χ0) is 17.9. The molecule has 0 unspecified atom stereocenters. The van der Waals surface area contributed by atoms with E-state index in [1.807, 2.05) is 37.3 Å². The van der Waals surface area contributed by atoms with E-state index in [4.69, 9.17) is 12.2 Å². The van der Waals surface area contributed by atoms with Crippen LogP contribution in [0.3, 0.4) is 0 Å². The molecular weight excluding hydrogens is 433 g/mol. The molecule has 2 N–H and O–H groups in total. The first-order valence-electron chi connectivity index (χ1n) is 7.52. The molecular formula is C18H20IN3OS. The van der Waals surface area contributed by atoms with Crippen LogP contribution in [0.15, 0.2) is 36.5 Å². The lowest BCUT2D eigenvalue weighted by Crippen LogP contribution is -2.34. The van der Waals surface area contributed by atoms with Crippen LogP contribution in [-0.4, -0.2) is 16.0 Å². The number of anilines is 1. The number of nitrogens with one attached hydrogen (secondary N) is 2. The molecule has 1 aromatic carbocycles. The van der Waals surface area contributed by atoms with Crippen molar-refractivity contribution in [3.05, 3.63) is 56.8 Å². The summed E-state index contributed by atoms with van der Waals surface area (Å²) < 4.78 is 1.05. The van der Waals surface area contributed by atoms with Gasteiger partial charge in [0.05, 0.1) is 0 Å². The van der Waals surface area contributed by atoms with Gasteiger partial charge in [-0.15, -0.1) is 0 Å². The van der Waals surface area contributed by atoms with E-state index in [1.165, 1.54) is 5.56 Å². The topological polar surface area (TPSA) is 54.0 Å². The maximum Gasteiger partial charge on any atom is 0.257 e. The Morgan fingerprint density at radius 3 is 2.38 bits per heavy atom. The zero-order valence-electron chi connectivity index (χ0n) is 14.1. The fraction of sp³-hybridized carbons (Fsp3) is 0.278. The summed E-state index contributed by atoms with van der Waals surface area (Å²) in [6.07, 6.45) is 1.74. The van der Waals surface area contributed by atoms with E-state index < -0.39 is 0 Å². The standard InChI is InChI=1S/C18H20IN3OS/c1-11-9-14(19)10-20-15(11)21-17(24)22-16(23)12-5-7-13(8-6-12)18(2,3)4/h5-10H,1-4H3,(H2,20,21,22,23,24). The number of rotatable bonds is 2. The van der Waals surface area contributed by atoms with Crippen molar-refractivity contribution in [1.82, 2.24) is 10.3 Å². The fourth-order valence-corrected chi connectivity index (χ4v) is 2.90. The molecule has 0 atom stereocenters. The number of benzene rings is 1. The Bertz CT molecular complexity index is 767. The lowest BCUT2D eigenvalue weighted by Gasteiger charge is -2.19. The number of carbonyl (C=O) groups excluding carboxylic acids is 1. The van der Waals surface area contributed by atoms with Crippen LogP contribution in [0.25, 0.3) is 0 Å². The number of aryl methyl sites for hydroxylation is 1. The Labute approximate surface area is 161 Å². The van der Waals surface area contributed by atoms with E-state index in [9.17, 15) is 4.79 Å². The van der Waals surface area contributed by atoms with Crippen LogP contribution in [-0.2, 0) is 5.41 Å². The Kier molecular flexibility index (Phi) is 5.92. The normalized spacial score (nSPS) is 11.0. The van der Waals surface area contributed by atoms with Crippen LogP contribution in [0.4, 0.5) is 5.82 Å². The summed E-state index contributed by atoms with van der Waals surface area (Å²) in [6, 6.07) is 9.55. The van der Waals surface area contributed by atoms with Crippen LogP contribution in [0.5, 0.6) is 0 Å². The van der Waals surface area contributed by atoms with Crippen molar-refractivity contribution in [2.75, 3.05) is 5.32 Å². The number of pyridine rings is 1. The third-order valence-electron chi connectivity index (χ3n) is 3.52. The Morgan fingerprint density at radius 2 is 1.83 bits per heavy atom. The molecule has 2 aromatic rings. The van der Waals surface area contributed by atoms with Gasteiger partial charge in [0.2, 0.25) is 0 Å². The summed E-state index contributed by atoms with van der Waals surface area (Å²) in [5, 5.41) is 5.88. The van der Waals surface area contributed by atoms with Crippen LogP contribution in [0, 0.1) is 10.5 Å². The Hall–Kier alpha value is -1.54. The van der Waals surface area contributed by atoms with E-state index in [2.05, 4.69) is 59.0 Å². The molecule has 1 aromatic heterocycles. The SMILES string of the molecule is Cc1cc(I)cnc1NC(=S)NC(=O)c1ccc(C(C)(C)C)cc1. The van der Waals surface area contributed by atoms with Crippen molar-refractivity contribution in [2.45, 2.75) is 33.1 Å². The molecule has 2 rings (SSSR count). The third-order valence-corrected chi connectivity index (χ3v) is 4.31. The molecule has 0 aliphatic carbocycles. The quantitative estimate of drug-likeness (QED) is 0.522. The average Bonchev–Trinajstić information content (AvgIpc) is 2.49. The summed E-state index contributed by atoms with van der Waals surface area (Å²) in [4.78, 5) is 16.6. The van der Waals surface area contributed by atoms with Crippen molar-refractivity contribution in [2.24, 2.45) is 0 Å². The molecule has 0 radical (unpaired) electrons. The van der Waals surface area contributed by atoms with Gasteiger partial charge >= 0.3 is 0 Å². The van der Waals surface area contributed by atoms with Gasteiger partial charge in [-0.25, -0.2) is 4.98 Å². The third kappa shape index (κ3) is 4.98. The molecule has 126 valence electrons.